The van der Waals surface area contributed by atoms with Crippen LogP contribution in [0, 0.1) is 0 Å². The van der Waals surface area contributed by atoms with E-state index >= 15 is 0 Å². The van der Waals surface area contributed by atoms with Crippen molar-refractivity contribution in [3.8, 4) is 0 Å². The van der Waals surface area contributed by atoms with Crippen LogP contribution in [0.3, 0.4) is 0 Å². The number of halogens is 1. The van der Waals surface area contributed by atoms with Gasteiger partial charge in [-0.05, 0) is 27.4 Å². The molecule has 0 aliphatic rings. The van der Waals surface area contributed by atoms with Gasteiger partial charge in [0.15, 0.2) is 5.78 Å². The van der Waals surface area contributed by atoms with Crippen molar-refractivity contribution in [2.24, 2.45) is 0 Å². The number of carbonyl (C=O) groups is 1. The Kier molecular flexibility index (Phi) is 3.91. The molecule has 0 amide bonds. The van der Waals surface area contributed by atoms with E-state index in [1.54, 1.807) is 11.3 Å². The highest BCUT2D eigenvalue weighted by Crippen LogP contribution is 2.22. The van der Waals surface area contributed by atoms with E-state index in [1.165, 1.54) is 7.11 Å². The normalized spacial score (nSPS) is 10.2. The summed E-state index contributed by atoms with van der Waals surface area (Å²) in [4.78, 5) is 12.2. The minimum atomic E-state index is 0.112. The number of hydrogen-bond acceptors (Lipinski definition) is 3. The van der Waals surface area contributed by atoms with Crippen molar-refractivity contribution in [3.05, 3.63) is 20.8 Å². The quantitative estimate of drug-likeness (QED) is 0.818. The van der Waals surface area contributed by atoms with Crippen LogP contribution in [0.5, 0.6) is 0 Å². The smallest absolute Gasteiger partial charge is 0.163 e. The molecule has 0 atom stereocenters. The maximum absolute atomic E-state index is 11.1. The van der Waals surface area contributed by atoms with E-state index in [0.29, 0.717) is 6.42 Å². The van der Waals surface area contributed by atoms with Gasteiger partial charge in [-0.25, -0.2) is 0 Å². The first-order valence-corrected chi connectivity index (χ1v) is 5.14. The number of carbonyl (C=O) groups excluding carboxylic acids is 1. The Balaban J connectivity index is 2.52. The zero-order chi connectivity index (χ0) is 8.97. The summed E-state index contributed by atoms with van der Waals surface area (Å²) in [5.41, 5.74) is 0. The molecule has 0 radical (unpaired) electrons. The molecule has 0 bridgehead atoms. The fraction of sp³-hybridized carbons (Fsp3) is 0.375. The summed E-state index contributed by atoms with van der Waals surface area (Å²) in [6, 6.07) is 1.94. The molecule has 2 nitrogen and oxygen atoms in total. The molecule has 1 rings (SSSR count). The van der Waals surface area contributed by atoms with Gasteiger partial charge in [-0.2, -0.15) is 0 Å². The third-order valence-corrected chi connectivity index (χ3v) is 3.28. The second-order valence-corrected chi connectivity index (χ2v) is 4.20. The molecule has 0 aromatic carbocycles. The maximum Gasteiger partial charge on any atom is 0.163 e. The number of ether oxygens (including phenoxy) is 1. The highest BCUT2D eigenvalue weighted by atomic mass is 79.9. The summed E-state index contributed by atoms with van der Waals surface area (Å²) in [5, 5.41) is 1.96. The van der Waals surface area contributed by atoms with Crippen LogP contribution in [0.25, 0.3) is 0 Å². The Morgan fingerprint density at radius 2 is 2.50 bits per heavy atom. The lowest BCUT2D eigenvalue weighted by atomic mass is 10.2. The van der Waals surface area contributed by atoms with Gasteiger partial charge in [-0.3, -0.25) is 4.79 Å². The lowest BCUT2D eigenvalue weighted by Crippen LogP contribution is -2.08. The van der Waals surface area contributed by atoms with Crippen LogP contribution < -0.4 is 0 Å². The second-order valence-electron chi connectivity index (χ2n) is 2.34. The van der Waals surface area contributed by atoms with E-state index < -0.39 is 0 Å². The minimum absolute atomic E-state index is 0.112. The van der Waals surface area contributed by atoms with Crippen molar-refractivity contribution in [2.45, 2.75) is 6.42 Å². The fourth-order valence-corrected chi connectivity index (χ4v) is 2.36. The van der Waals surface area contributed by atoms with E-state index in [0.717, 1.165) is 9.35 Å². The lowest BCUT2D eigenvalue weighted by molar-refractivity contribution is -0.121. The van der Waals surface area contributed by atoms with Crippen LogP contribution in [0.15, 0.2) is 15.9 Å². The molecule has 0 N–H and O–H groups in total. The molecule has 1 aromatic rings. The van der Waals surface area contributed by atoms with Gasteiger partial charge in [-0.15, -0.1) is 11.3 Å². The summed E-state index contributed by atoms with van der Waals surface area (Å²) in [5.74, 6) is 0.112. The van der Waals surface area contributed by atoms with Crippen LogP contribution in [-0.2, 0) is 16.0 Å². The van der Waals surface area contributed by atoms with Crippen molar-refractivity contribution in [2.75, 3.05) is 13.7 Å². The van der Waals surface area contributed by atoms with Crippen LogP contribution in [0.1, 0.15) is 4.88 Å². The Morgan fingerprint density at radius 3 is 3.00 bits per heavy atom. The molecule has 0 saturated carbocycles. The largest absolute Gasteiger partial charge is 0.377 e. The first-order chi connectivity index (χ1) is 5.74. The van der Waals surface area contributed by atoms with Crippen molar-refractivity contribution < 1.29 is 9.53 Å². The van der Waals surface area contributed by atoms with Crippen molar-refractivity contribution in [1.82, 2.24) is 0 Å². The second kappa shape index (κ2) is 4.74. The summed E-state index contributed by atoms with van der Waals surface area (Å²) in [6.07, 6.45) is 0.464. The van der Waals surface area contributed by atoms with E-state index in [1.807, 2.05) is 11.4 Å². The first-order valence-electron chi connectivity index (χ1n) is 3.46. The van der Waals surface area contributed by atoms with Crippen molar-refractivity contribution in [1.29, 1.82) is 0 Å². The van der Waals surface area contributed by atoms with Crippen molar-refractivity contribution in [3.63, 3.8) is 0 Å². The monoisotopic (exact) mass is 248 g/mol. The van der Waals surface area contributed by atoms with Gasteiger partial charge < -0.3 is 4.74 Å². The maximum atomic E-state index is 11.1. The van der Waals surface area contributed by atoms with Gasteiger partial charge >= 0.3 is 0 Å². The number of methoxy groups -OCH3 is 1. The topological polar surface area (TPSA) is 26.3 Å². The molecule has 66 valence electrons. The number of Topliss-reactive ketones (excluding diaryl/α,β-unsaturated/α-hetero) is 1. The molecule has 1 aromatic heterocycles. The Morgan fingerprint density at radius 1 is 1.75 bits per heavy atom. The van der Waals surface area contributed by atoms with Gasteiger partial charge in [0, 0.05) is 22.9 Å². The molecular formula is C8H9BrO2S. The molecule has 0 saturated heterocycles. The molecular weight excluding hydrogens is 240 g/mol. The van der Waals surface area contributed by atoms with E-state index in [2.05, 4.69) is 15.9 Å². The SMILES string of the molecule is COCC(=O)Cc1sccc1Br. The van der Waals surface area contributed by atoms with Gasteiger partial charge in [0.1, 0.15) is 6.61 Å². The molecule has 12 heavy (non-hydrogen) atoms. The van der Waals surface area contributed by atoms with Gasteiger partial charge in [-0.1, -0.05) is 0 Å². The summed E-state index contributed by atoms with van der Waals surface area (Å²) >= 11 is 4.94. The third-order valence-electron chi connectivity index (χ3n) is 1.35. The number of thiophene rings is 1. The predicted molar refractivity (Wildman–Crippen MR) is 52.6 cm³/mol. The van der Waals surface area contributed by atoms with Crippen molar-refractivity contribution >= 4 is 33.0 Å². The highest BCUT2D eigenvalue weighted by Gasteiger charge is 2.07. The zero-order valence-corrected chi connectivity index (χ0v) is 9.07. The first kappa shape index (κ1) is 9.89. The van der Waals surface area contributed by atoms with E-state index in [9.17, 15) is 4.79 Å². The van der Waals surface area contributed by atoms with Crippen LogP contribution >= 0.6 is 27.3 Å². The standard InChI is InChI=1S/C8H9BrO2S/c1-11-5-6(10)4-8-7(9)2-3-12-8/h2-3H,4-5H2,1H3. The molecule has 4 heteroatoms. The Bertz CT molecular complexity index is 270. The number of ketones is 1. The molecule has 0 aliphatic heterocycles. The van der Waals surface area contributed by atoms with Crippen LogP contribution in [-0.4, -0.2) is 19.5 Å². The summed E-state index contributed by atoms with van der Waals surface area (Å²) < 4.78 is 5.74. The average Bonchev–Trinajstić information content (AvgIpc) is 2.37. The highest BCUT2D eigenvalue weighted by molar-refractivity contribution is 9.10. The summed E-state index contributed by atoms with van der Waals surface area (Å²) in [7, 11) is 1.53. The zero-order valence-electron chi connectivity index (χ0n) is 6.67. The van der Waals surface area contributed by atoms with E-state index in [-0.39, 0.29) is 12.4 Å². The number of hydrogen-bond donors (Lipinski definition) is 0. The van der Waals surface area contributed by atoms with Gasteiger partial charge in [0.2, 0.25) is 0 Å². The molecule has 0 spiro atoms. The Labute approximate surface area is 83.7 Å². The Hall–Kier alpha value is -0.190. The predicted octanol–water partition coefficient (Wildman–Crippen LogP) is 2.27. The molecule has 0 aliphatic carbocycles. The average molecular weight is 249 g/mol. The molecule has 1 heterocycles. The minimum Gasteiger partial charge on any atom is -0.377 e. The fourth-order valence-electron chi connectivity index (χ4n) is 0.842. The summed E-state index contributed by atoms with van der Waals surface area (Å²) in [6.45, 7) is 0.199. The molecule has 0 fully saturated rings. The van der Waals surface area contributed by atoms with E-state index in [4.69, 9.17) is 4.74 Å². The third kappa shape index (κ3) is 2.69. The lowest BCUT2D eigenvalue weighted by Gasteiger charge is -1.97. The number of rotatable bonds is 4. The van der Waals surface area contributed by atoms with Gasteiger partial charge in [0.05, 0.1) is 0 Å². The molecule has 0 unspecified atom stereocenters. The van der Waals surface area contributed by atoms with Gasteiger partial charge in [0.25, 0.3) is 0 Å². The van der Waals surface area contributed by atoms with Crippen LogP contribution in [0.4, 0.5) is 0 Å². The van der Waals surface area contributed by atoms with Crippen LogP contribution in [0.2, 0.25) is 0 Å².